The van der Waals surface area contributed by atoms with E-state index in [1.54, 1.807) is 16.2 Å². The molecule has 3 aromatic rings. The Hall–Kier alpha value is -1.92. The SMILES string of the molecule is CCSc1nnc(NC(=O)CSc2nnc3[nH]c(=O)cc(CC)n23)s1. The van der Waals surface area contributed by atoms with Gasteiger partial charge in [0.2, 0.25) is 16.8 Å². The van der Waals surface area contributed by atoms with Crippen LogP contribution >= 0.6 is 34.9 Å². The first-order chi connectivity index (χ1) is 12.1. The van der Waals surface area contributed by atoms with Crippen LogP contribution < -0.4 is 10.9 Å². The molecule has 0 atom stereocenters. The van der Waals surface area contributed by atoms with Gasteiger partial charge >= 0.3 is 0 Å². The van der Waals surface area contributed by atoms with E-state index < -0.39 is 0 Å². The van der Waals surface area contributed by atoms with Crippen LogP contribution in [-0.4, -0.2) is 47.2 Å². The van der Waals surface area contributed by atoms with E-state index in [1.165, 1.54) is 29.2 Å². The standard InChI is InChI=1S/C13H15N7O2S3/c1-3-7-5-8(21)14-10-16-18-12(20(7)10)24-6-9(22)15-11-17-19-13(25-11)23-4-2/h5H,3-4,6H2,1-2H3,(H,14,16,21)(H,15,17,22). The van der Waals surface area contributed by atoms with Gasteiger partial charge in [-0.25, -0.2) is 0 Å². The molecular formula is C13H15N7O2S3. The van der Waals surface area contributed by atoms with Crippen LogP contribution in [0.4, 0.5) is 5.13 Å². The molecule has 0 radical (unpaired) electrons. The number of H-pyrrole nitrogens is 1. The molecule has 0 spiro atoms. The van der Waals surface area contributed by atoms with Crippen molar-refractivity contribution in [1.82, 2.24) is 29.8 Å². The molecule has 2 N–H and O–H groups in total. The largest absolute Gasteiger partial charge is 0.300 e. The molecule has 0 aromatic carbocycles. The zero-order chi connectivity index (χ0) is 17.8. The van der Waals surface area contributed by atoms with Gasteiger partial charge in [0.15, 0.2) is 9.50 Å². The van der Waals surface area contributed by atoms with E-state index in [9.17, 15) is 9.59 Å². The minimum Gasteiger partial charge on any atom is -0.300 e. The van der Waals surface area contributed by atoms with Crippen molar-refractivity contribution >= 4 is 51.7 Å². The number of amides is 1. The van der Waals surface area contributed by atoms with Crippen LogP contribution in [0.25, 0.3) is 5.78 Å². The van der Waals surface area contributed by atoms with E-state index >= 15 is 0 Å². The number of carbonyl (C=O) groups excluding carboxylic acids is 1. The number of rotatable bonds is 7. The smallest absolute Gasteiger partial charge is 0.252 e. The number of aryl methyl sites for hydroxylation is 1. The first kappa shape index (κ1) is 17.9. The molecule has 0 aliphatic rings. The number of carbonyl (C=O) groups is 1. The van der Waals surface area contributed by atoms with Crippen LogP contribution in [-0.2, 0) is 11.2 Å². The van der Waals surface area contributed by atoms with E-state index in [0.717, 1.165) is 15.8 Å². The third-order valence-electron chi connectivity index (χ3n) is 3.07. The van der Waals surface area contributed by atoms with Gasteiger partial charge in [0.1, 0.15) is 0 Å². The van der Waals surface area contributed by atoms with Gasteiger partial charge in [-0.15, -0.1) is 20.4 Å². The average Bonchev–Trinajstić information content (AvgIpc) is 3.19. The zero-order valence-corrected chi connectivity index (χ0v) is 15.9. The van der Waals surface area contributed by atoms with Gasteiger partial charge in [-0.1, -0.05) is 48.7 Å². The molecule has 1 amide bonds. The second kappa shape index (κ2) is 7.97. The van der Waals surface area contributed by atoms with Crippen LogP contribution in [0.2, 0.25) is 0 Å². The van der Waals surface area contributed by atoms with Crippen molar-refractivity contribution in [3.63, 3.8) is 0 Å². The molecule has 3 rings (SSSR count). The van der Waals surface area contributed by atoms with E-state index in [2.05, 4.69) is 30.7 Å². The van der Waals surface area contributed by atoms with Gasteiger partial charge < -0.3 is 0 Å². The Morgan fingerprint density at radius 3 is 2.88 bits per heavy atom. The summed E-state index contributed by atoms with van der Waals surface area (Å²) in [7, 11) is 0. The van der Waals surface area contributed by atoms with Crippen LogP contribution in [0, 0.1) is 0 Å². The van der Waals surface area contributed by atoms with E-state index in [0.29, 0.717) is 22.5 Å². The number of nitrogens with zero attached hydrogens (tertiary/aromatic N) is 5. The Morgan fingerprint density at radius 2 is 2.12 bits per heavy atom. The predicted molar refractivity (Wildman–Crippen MR) is 98.6 cm³/mol. The van der Waals surface area contributed by atoms with Crippen molar-refractivity contribution in [2.24, 2.45) is 0 Å². The summed E-state index contributed by atoms with van der Waals surface area (Å²) in [5.41, 5.74) is 0.570. The van der Waals surface area contributed by atoms with Crippen molar-refractivity contribution in [2.75, 3.05) is 16.8 Å². The first-order valence-corrected chi connectivity index (χ1v) is 10.3. The lowest BCUT2D eigenvalue weighted by Crippen LogP contribution is -2.15. The Labute approximate surface area is 155 Å². The summed E-state index contributed by atoms with van der Waals surface area (Å²) in [5, 5.41) is 19.7. The van der Waals surface area contributed by atoms with Crippen LogP contribution in [0.1, 0.15) is 19.5 Å². The molecule has 0 saturated carbocycles. The monoisotopic (exact) mass is 397 g/mol. The van der Waals surface area contributed by atoms with Crippen LogP contribution in [0.15, 0.2) is 20.4 Å². The third kappa shape index (κ3) is 4.19. The van der Waals surface area contributed by atoms with Crippen molar-refractivity contribution in [3.8, 4) is 0 Å². The molecule has 0 aliphatic heterocycles. The maximum atomic E-state index is 12.1. The van der Waals surface area contributed by atoms with Gasteiger partial charge in [-0.3, -0.25) is 24.3 Å². The van der Waals surface area contributed by atoms with Crippen LogP contribution in [0.3, 0.4) is 0 Å². The van der Waals surface area contributed by atoms with Crippen molar-refractivity contribution in [2.45, 2.75) is 29.8 Å². The molecule has 0 unspecified atom stereocenters. The number of aromatic amines is 1. The highest BCUT2D eigenvalue weighted by molar-refractivity contribution is 8.01. The number of nitrogens with one attached hydrogen (secondary N) is 2. The second-order valence-electron chi connectivity index (χ2n) is 4.76. The number of hydrogen-bond donors (Lipinski definition) is 2. The van der Waals surface area contributed by atoms with Gasteiger partial charge in [0.05, 0.1) is 5.75 Å². The van der Waals surface area contributed by atoms with E-state index in [4.69, 9.17) is 0 Å². The number of aromatic nitrogens is 6. The lowest BCUT2D eigenvalue weighted by molar-refractivity contribution is -0.113. The minimum absolute atomic E-state index is 0.152. The van der Waals surface area contributed by atoms with Crippen LogP contribution in [0.5, 0.6) is 0 Å². The first-order valence-electron chi connectivity index (χ1n) is 7.47. The number of fused-ring (bicyclic) bond motifs is 1. The number of thioether (sulfide) groups is 2. The normalized spacial score (nSPS) is 11.1. The lowest BCUT2D eigenvalue weighted by Gasteiger charge is -2.04. The molecule has 3 aromatic heterocycles. The summed E-state index contributed by atoms with van der Waals surface area (Å²) in [6.45, 7) is 3.97. The van der Waals surface area contributed by atoms with Crippen molar-refractivity contribution in [3.05, 3.63) is 22.1 Å². The predicted octanol–water partition coefficient (Wildman–Crippen LogP) is 1.67. The number of hydrogen-bond acceptors (Lipinski definition) is 9. The Bertz CT molecular complexity index is 949. The fourth-order valence-electron chi connectivity index (χ4n) is 2.05. The minimum atomic E-state index is -0.219. The average molecular weight is 398 g/mol. The van der Waals surface area contributed by atoms with Gasteiger partial charge in [-0.2, -0.15) is 0 Å². The Balaban J connectivity index is 1.67. The summed E-state index contributed by atoms with van der Waals surface area (Å²) in [5.74, 6) is 1.23. The summed E-state index contributed by atoms with van der Waals surface area (Å²) in [6, 6.07) is 1.51. The summed E-state index contributed by atoms with van der Waals surface area (Å²) in [6.07, 6.45) is 0.654. The molecule has 0 fully saturated rings. The maximum absolute atomic E-state index is 12.1. The van der Waals surface area contributed by atoms with Gasteiger partial charge in [0, 0.05) is 11.8 Å². The zero-order valence-electron chi connectivity index (χ0n) is 13.5. The highest BCUT2D eigenvalue weighted by atomic mass is 32.2. The quantitative estimate of drug-likeness (QED) is 0.457. The lowest BCUT2D eigenvalue weighted by atomic mass is 10.3. The van der Waals surface area contributed by atoms with Crippen molar-refractivity contribution < 1.29 is 4.79 Å². The summed E-state index contributed by atoms with van der Waals surface area (Å²) >= 11 is 4.17. The molecule has 0 saturated heterocycles. The highest BCUT2D eigenvalue weighted by Gasteiger charge is 2.14. The molecule has 0 bridgehead atoms. The molecular weight excluding hydrogens is 382 g/mol. The number of anilines is 1. The van der Waals surface area contributed by atoms with Gasteiger partial charge in [-0.05, 0) is 12.2 Å². The summed E-state index contributed by atoms with van der Waals surface area (Å²) in [4.78, 5) is 26.3. The molecule has 25 heavy (non-hydrogen) atoms. The molecule has 0 aliphatic carbocycles. The van der Waals surface area contributed by atoms with E-state index in [1.807, 2.05) is 13.8 Å². The second-order valence-corrected chi connectivity index (χ2v) is 8.19. The third-order valence-corrected chi connectivity index (χ3v) is 5.85. The highest BCUT2D eigenvalue weighted by Crippen LogP contribution is 2.25. The fraction of sp³-hybridized carbons (Fsp3) is 0.385. The Kier molecular flexibility index (Phi) is 5.71. The maximum Gasteiger partial charge on any atom is 0.252 e. The fourth-order valence-corrected chi connectivity index (χ4v) is 4.48. The molecule has 132 valence electrons. The molecule has 9 nitrogen and oxygen atoms in total. The topological polar surface area (TPSA) is 118 Å². The molecule has 12 heteroatoms. The van der Waals surface area contributed by atoms with E-state index in [-0.39, 0.29) is 17.2 Å². The molecule has 3 heterocycles. The summed E-state index contributed by atoms with van der Waals surface area (Å²) < 4.78 is 2.57. The Morgan fingerprint density at radius 1 is 1.28 bits per heavy atom. The van der Waals surface area contributed by atoms with Crippen molar-refractivity contribution in [1.29, 1.82) is 0 Å². The van der Waals surface area contributed by atoms with Gasteiger partial charge in [0.25, 0.3) is 5.56 Å².